The van der Waals surface area contributed by atoms with Crippen LogP contribution in [0.2, 0.25) is 0 Å². The number of amides is 1. The molecule has 0 saturated heterocycles. The Kier molecular flexibility index (Phi) is 6.03. The van der Waals surface area contributed by atoms with Gasteiger partial charge in [-0.05, 0) is 36.4 Å². The molecule has 0 spiro atoms. The van der Waals surface area contributed by atoms with E-state index in [1.165, 1.54) is 5.56 Å². The first-order chi connectivity index (χ1) is 8.97. The Labute approximate surface area is 116 Å². The molecule has 1 atom stereocenters. The zero-order valence-electron chi connectivity index (χ0n) is 12.4. The second kappa shape index (κ2) is 7.29. The van der Waals surface area contributed by atoms with E-state index in [2.05, 4.69) is 39.1 Å². The van der Waals surface area contributed by atoms with Crippen molar-refractivity contribution in [2.75, 3.05) is 11.9 Å². The van der Waals surface area contributed by atoms with E-state index in [9.17, 15) is 4.79 Å². The normalized spacial score (nSPS) is 12.8. The summed E-state index contributed by atoms with van der Waals surface area (Å²) in [5.41, 5.74) is 7.69. The van der Waals surface area contributed by atoms with Gasteiger partial charge in [-0.25, -0.2) is 0 Å². The molecule has 0 saturated carbocycles. The lowest BCUT2D eigenvalue weighted by Crippen LogP contribution is -2.29. The fourth-order valence-corrected chi connectivity index (χ4v) is 2.29. The fraction of sp³-hybridized carbons (Fsp3) is 0.562. The summed E-state index contributed by atoms with van der Waals surface area (Å²) in [6.07, 6.45) is 0.730. The number of carbonyl (C=O) groups excluding carboxylic acids is 1. The van der Waals surface area contributed by atoms with E-state index in [0.29, 0.717) is 18.4 Å². The molecule has 0 heterocycles. The van der Waals surface area contributed by atoms with Crippen LogP contribution < -0.4 is 11.1 Å². The maximum absolute atomic E-state index is 12.4. The Hall–Kier alpha value is -1.35. The van der Waals surface area contributed by atoms with Gasteiger partial charge in [0.05, 0.1) is 0 Å². The van der Waals surface area contributed by atoms with Crippen LogP contribution in [-0.2, 0) is 4.79 Å². The van der Waals surface area contributed by atoms with E-state index in [1.807, 2.05) is 18.2 Å². The molecule has 3 N–H and O–H groups in total. The zero-order valence-corrected chi connectivity index (χ0v) is 12.4. The molecule has 0 bridgehead atoms. The minimum Gasteiger partial charge on any atom is -0.330 e. The summed E-state index contributed by atoms with van der Waals surface area (Å²) in [7, 11) is 0. The van der Waals surface area contributed by atoms with E-state index < -0.39 is 0 Å². The monoisotopic (exact) mass is 262 g/mol. The van der Waals surface area contributed by atoms with Crippen LogP contribution in [0, 0.1) is 11.8 Å². The molecule has 0 aliphatic rings. The molecule has 1 aromatic carbocycles. The van der Waals surface area contributed by atoms with Gasteiger partial charge in [0.1, 0.15) is 0 Å². The molecular formula is C16H26N2O. The van der Waals surface area contributed by atoms with Crippen LogP contribution in [0.3, 0.4) is 0 Å². The number of rotatable bonds is 6. The van der Waals surface area contributed by atoms with Gasteiger partial charge in [-0.1, -0.05) is 45.9 Å². The summed E-state index contributed by atoms with van der Waals surface area (Å²) in [4.78, 5) is 12.4. The van der Waals surface area contributed by atoms with Crippen molar-refractivity contribution in [2.24, 2.45) is 17.6 Å². The Balaban J connectivity index is 2.86. The van der Waals surface area contributed by atoms with Gasteiger partial charge < -0.3 is 11.1 Å². The van der Waals surface area contributed by atoms with Crippen molar-refractivity contribution in [1.29, 1.82) is 0 Å². The number of nitrogens with two attached hydrogens (primary N) is 1. The SMILES string of the molecule is CC(C)c1ccccc1NC(=O)C(CCN)C(C)C. The number of para-hydroxylation sites is 1. The Morgan fingerprint density at radius 3 is 2.37 bits per heavy atom. The molecule has 0 fully saturated rings. The van der Waals surface area contributed by atoms with Crippen molar-refractivity contribution in [3.05, 3.63) is 29.8 Å². The van der Waals surface area contributed by atoms with Crippen LogP contribution in [0.4, 0.5) is 5.69 Å². The summed E-state index contributed by atoms with van der Waals surface area (Å²) in [6.45, 7) is 8.93. The van der Waals surface area contributed by atoms with Crippen molar-refractivity contribution < 1.29 is 4.79 Å². The fourth-order valence-electron chi connectivity index (χ4n) is 2.29. The second-order valence-electron chi connectivity index (χ2n) is 5.66. The van der Waals surface area contributed by atoms with Crippen molar-refractivity contribution >= 4 is 11.6 Å². The number of benzene rings is 1. The van der Waals surface area contributed by atoms with E-state index in [1.54, 1.807) is 0 Å². The third-order valence-corrected chi connectivity index (χ3v) is 3.46. The Bertz CT molecular complexity index is 413. The minimum absolute atomic E-state index is 0.0229. The van der Waals surface area contributed by atoms with E-state index in [4.69, 9.17) is 5.73 Å². The van der Waals surface area contributed by atoms with Gasteiger partial charge >= 0.3 is 0 Å². The minimum atomic E-state index is -0.0229. The topological polar surface area (TPSA) is 55.1 Å². The predicted molar refractivity (Wildman–Crippen MR) is 81.2 cm³/mol. The third-order valence-electron chi connectivity index (χ3n) is 3.46. The summed E-state index contributed by atoms with van der Waals surface area (Å²) >= 11 is 0. The van der Waals surface area contributed by atoms with Crippen molar-refractivity contribution in [2.45, 2.75) is 40.0 Å². The molecule has 1 aromatic rings. The van der Waals surface area contributed by atoms with Gasteiger partial charge in [-0.2, -0.15) is 0 Å². The highest BCUT2D eigenvalue weighted by molar-refractivity contribution is 5.93. The van der Waals surface area contributed by atoms with Gasteiger partial charge in [-0.3, -0.25) is 4.79 Å². The van der Waals surface area contributed by atoms with Gasteiger partial charge in [0.2, 0.25) is 5.91 Å². The highest BCUT2D eigenvalue weighted by atomic mass is 16.1. The van der Waals surface area contributed by atoms with Gasteiger partial charge in [0.15, 0.2) is 0 Å². The van der Waals surface area contributed by atoms with Gasteiger partial charge in [0.25, 0.3) is 0 Å². The molecule has 19 heavy (non-hydrogen) atoms. The maximum Gasteiger partial charge on any atom is 0.227 e. The van der Waals surface area contributed by atoms with Crippen molar-refractivity contribution in [1.82, 2.24) is 0 Å². The first-order valence-corrected chi connectivity index (χ1v) is 7.07. The first kappa shape index (κ1) is 15.7. The molecule has 106 valence electrons. The van der Waals surface area contributed by atoms with E-state index >= 15 is 0 Å². The molecule has 0 aromatic heterocycles. The summed E-state index contributed by atoms with van der Waals surface area (Å²) in [5, 5.41) is 3.06. The molecule has 0 aliphatic heterocycles. The zero-order chi connectivity index (χ0) is 14.4. The lowest BCUT2D eigenvalue weighted by atomic mass is 9.91. The largest absolute Gasteiger partial charge is 0.330 e. The standard InChI is InChI=1S/C16H26N2O/c1-11(2)13-7-5-6-8-15(13)18-16(19)14(9-10-17)12(3)4/h5-8,11-12,14H,9-10,17H2,1-4H3,(H,18,19). The maximum atomic E-state index is 12.4. The Morgan fingerprint density at radius 1 is 1.21 bits per heavy atom. The van der Waals surface area contributed by atoms with Crippen molar-refractivity contribution in [3.8, 4) is 0 Å². The smallest absolute Gasteiger partial charge is 0.227 e. The second-order valence-corrected chi connectivity index (χ2v) is 5.66. The number of hydrogen-bond acceptors (Lipinski definition) is 2. The first-order valence-electron chi connectivity index (χ1n) is 7.07. The van der Waals surface area contributed by atoms with Crippen LogP contribution in [-0.4, -0.2) is 12.5 Å². The summed E-state index contributed by atoms with van der Waals surface area (Å²) in [5.74, 6) is 0.747. The molecule has 1 amide bonds. The average Bonchev–Trinajstić information content (AvgIpc) is 2.35. The predicted octanol–water partition coefficient (Wildman–Crippen LogP) is 3.37. The van der Waals surface area contributed by atoms with Crippen molar-refractivity contribution in [3.63, 3.8) is 0 Å². The molecule has 0 aliphatic carbocycles. The van der Waals surface area contributed by atoms with Gasteiger partial charge in [0, 0.05) is 11.6 Å². The molecule has 1 unspecified atom stereocenters. The van der Waals surface area contributed by atoms with Gasteiger partial charge in [-0.15, -0.1) is 0 Å². The third kappa shape index (κ3) is 4.35. The molecular weight excluding hydrogens is 236 g/mol. The summed E-state index contributed by atoms with van der Waals surface area (Å²) < 4.78 is 0. The Morgan fingerprint density at radius 2 is 1.84 bits per heavy atom. The number of hydrogen-bond donors (Lipinski definition) is 2. The van der Waals surface area contributed by atoms with Crippen LogP contribution in [0.15, 0.2) is 24.3 Å². The van der Waals surface area contributed by atoms with Crippen LogP contribution >= 0.6 is 0 Å². The number of nitrogens with one attached hydrogen (secondary N) is 1. The lowest BCUT2D eigenvalue weighted by Gasteiger charge is -2.21. The highest BCUT2D eigenvalue weighted by Gasteiger charge is 2.22. The summed E-state index contributed by atoms with van der Waals surface area (Å²) in [6, 6.07) is 7.99. The van der Waals surface area contributed by atoms with Crippen LogP contribution in [0.25, 0.3) is 0 Å². The van der Waals surface area contributed by atoms with Crippen LogP contribution in [0.5, 0.6) is 0 Å². The average molecular weight is 262 g/mol. The number of anilines is 1. The van der Waals surface area contributed by atoms with Crippen LogP contribution in [0.1, 0.15) is 45.6 Å². The highest BCUT2D eigenvalue weighted by Crippen LogP contribution is 2.25. The molecule has 1 rings (SSSR count). The quantitative estimate of drug-likeness (QED) is 0.826. The van der Waals surface area contributed by atoms with E-state index in [-0.39, 0.29) is 11.8 Å². The van der Waals surface area contributed by atoms with E-state index in [0.717, 1.165) is 12.1 Å². The lowest BCUT2D eigenvalue weighted by molar-refractivity contribution is -0.121. The molecule has 3 heteroatoms. The molecule has 3 nitrogen and oxygen atoms in total. The number of carbonyl (C=O) groups is 1. The molecule has 0 radical (unpaired) electrons.